The molecule has 17 heavy (non-hydrogen) atoms. The third-order valence-electron chi connectivity index (χ3n) is 2.04. The maximum Gasteiger partial charge on any atom is 0.260 e. The van der Waals surface area contributed by atoms with Gasteiger partial charge in [0.1, 0.15) is 5.65 Å². The molecule has 0 saturated carbocycles. The number of halogens is 1. The van der Waals surface area contributed by atoms with Crippen molar-refractivity contribution < 1.29 is 8.42 Å². The Hall–Kier alpha value is -1.62. The highest BCUT2D eigenvalue weighted by molar-refractivity contribution is 7.89. The van der Waals surface area contributed by atoms with Crippen LogP contribution in [-0.4, -0.2) is 24.3 Å². The van der Waals surface area contributed by atoms with Crippen LogP contribution < -0.4 is 4.72 Å². The number of aromatic nitrogens is 2. The van der Waals surface area contributed by atoms with Gasteiger partial charge < -0.3 is 0 Å². The number of hydrogen-bond acceptors (Lipinski definition) is 4. The molecule has 0 saturated heterocycles. The maximum atomic E-state index is 11.9. The van der Waals surface area contributed by atoms with E-state index in [2.05, 4.69) is 9.71 Å². The van der Waals surface area contributed by atoms with Crippen molar-refractivity contribution >= 4 is 27.3 Å². The van der Waals surface area contributed by atoms with Crippen LogP contribution in [0.4, 0.5) is 0 Å². The molecular formula is C9H7ClN4O2S. The Labute approximate surface area is 103 Å². The van der Waals surface area contributed by atoms with Gasteiger partial charge in [-0.25, -0.2) is 13.4 Å². The summed E-state index contributed by atoms with van der Waals surface area (Å²) in [5, 5.41) is 8.09. The summed E-state index contributed by atoms with van der Waals surface area (Å²) in [4.78, 5) is 3.91. The summed E-state index contributed by atoms with van der Waals surface area (Å²) in [7, 11) is -3.84. The van der Waals surface area contributed by atoms with Crippen molar-refractivity contribution in [2.24, 2.45) is 0 Å². The molecule has 0 unspecified atom stereocenters. The van der Waals surface area contributed by atoms with Gasteiger partial charge in [-0.2, -0.15) is 9.98 Å². The largest absolute Gasteiger partial charge is 0.288 e. The summed E-state index contributed by atoms with van der Waals surface area (Å²) >= 11 is 5.80. The molecule has 2 heterocycles. The molecule has 8 heteroatoms. The van der Waals surface area contributed by atoms with Crippen molar-refractivity contribution in [3.8, 4) is 6.07 Å². The van der Waals surface area contributed by atoms with Gasteiger partial charge in [0.25, 0.3) is 10.0 Å². The van der Waals surface area contributed by atoms with Crippen LogP contribution in [-0.2, 0) is 10.0 Å². The van der Waals surface area contributed by atoms with Gasteiger partial charge in [0.2, 0.25) is 0 Å². The summed E-state index contributed by atoms with van der Waals surface area (Å²) in [6.45, 7) is -0.321. The minimum Gasteiger partial charge on any atom is -0.288 e. The molecule has 2 aromatic rings. The van der Waals surface area contributed by atoms with E-state index in [1.54, 1.807) is 24.3 Å². The minimum atomic E-state index is -3.84. The summed E-state index contributed by atoms with van der Waals surface area (Å²) in [6, 6.07) is 6.71. The first-order valence-corrected chi connectivity index (χ1v) is 6.41. The van der Waals surface area contributed by atoms with Gasteiger partial charge in [0.05, 0.1) is 12.6 Å². The third-order valence-corrected chi connectivity index (χ3v) is 3.84. The molecule has 0 bridgehead atoms. The van der Waals surface area contributed by atoms with E-state index >= 15 is 0 Å². The van der Waals surface area contributed by atoms with E-state index in [1.807, 2.05) is 0 Å². The second kappa shape index (κ2) is 4.33. The molecule has 0 aromatic carbocycles. The van der Waals surface area contributed by atoms with E-state index < -0.39 is 10.0 Å². The highest BCUT2D eigenvalue weighted by Gasteiger charge is 2.23. The fraction of sp³-hybridized carbons (Fsp3) is 0.111. The van der Waals surface area contributed by atoms with Gasteiger partial charge in [-0.15, -0.1) is 0 Å². The number of rotatable bonds is 3. The molecule has 0 radical (unpaired) electrons. The van der Waals surface area contributed by atoms with Gasteiger partial charge in [0, 0.05) is 6.20 Å². The lowest BCUT2D eigenvalue weighted by atomic mass is 10.5. The van der Waals surface area contributed by atoms with Crippen LogP contribution >= 0.6 is 11.6 Å². The number of nitrogens with zero attached hydrogens (tertiary/aromatic N) is 3. The monoisotopic (exact) mass is 270 g/mol. The zero-order chi connectivity index (χ0) is 12.5. The first-order valence-electron chi connectivity index (χ1n) is 4.55. The van der Waals surface area contributed by atoms with Crippen LogP contribution in [0.1, 0.15) is 0 Å². The number of imidazole rings is 1. The van der Waals surface area contributed by atoms with Gasteiger partial charge >= 0.3 is 0 Å². The van der Waals surface area contributed by atoms with Crippen LogP contribution in [0.15, 0.2) is 29.4 Å². The first-order chi connectivity index (χ1) is 8.06. The molecule has 0 atom stereocenters. The summed E-state index contributed by atoms with van der Waals surface area (Å²) in [5.41, 5.74) is 0.426. The lowest BCUT2D eigenvalue weighted by molar-refractivity contribution is 0.581. The molecule has 0 spiro atoms. The zero-order valence-corrected chi connectivity index (χ0v) is 10.0. The molecule has 6 nitrogen and oxygen atoms in total. The molecule has 2 rings (SSSR count). The first kappa shape index (κ1) is 11.9. The summed E-state index contributed by atoms with van der Waals surface area (Å²) < 4.78 is 27.2. The van der Waals surface area contributed by atoms with Crippen molar-refractivity contribution in [3.63, 3.8) is 0 Å². The van der Waals surface area contributed by atoms with Crippen LogP contribution in [0.3, 0.4) is 0 Å². The zero-order valence-electron chi connectivity index (χ0n) is 8.46. The average molecular weight is 271 g/mol. The van der Waals surface area contributed by atoms with Crippen LogP contribution in [0.25, 0.3) is 5.65 Å². The Morgan fingerprint density at radius 3 is 3.00 bits per heavy atom. The Morgan fingerprint density at radius 1 is 1.53 bits per heavy atom. The average Bonchev–Trinajstić information content (AvgIpc) is 2.63. The molecule has 0 fully saturated rings. The highest BCUT2D eigenvalue weighted by Crippen LogP contribution is 2.21. The molecule has 0 aliphatic carbocycles. The molecule has 0 aliphatic heterocycles. The van der Waals surface area contributed by atoms with Gasteiger partial charge in [-0.1, -0.05) is 17.7 Å². The van der Waals surface area contributed by atoms with E-state index in [4.69, 9.17) is 16.9 Å². The van der Waals surface area contributed by atoms with E-state index in [9.17, 15) is 8.42 Å². The number of hydrogen-bond donors (Lipinski definition) is 1. The minimum absolute atomic E-state index is 0.123. The standard InChI is InChI=1S/C9H7ClN4O2S/c10-8-9(17(15,16)12-5-4-11)14-6-2-1-3-7(14)13-8/h1-3,6,12H,5H2. The molecule has 2 aromatic heterocycles. The van der Waals surface area contributed by atoms with Crippen molar-refractivity contribution in [2.45, 2.75) is 5.03 Å². The second-order valence-electron chi connectivity index (χ2n) is 3.12. The normalized spacial score (nSPS) is 11.5. The van der Waals surface area contributed by atoms with Crippen LogP contribution in [0, 0.1) is 11.3 Å². The van der Waals surface area contributed by atoms with Crippen molar-refractivity contribution in [1.82, 2.24) is 14.1 Å². The maximum absolute atomic E-state index is 11.9. The van der Waals surface area contributed by atoms with Crippen LogP contribution in [0.2, 0.25) is 5.15 Å². The quantitative estimate of drug-likeness (QED) is 0.835. The fourth-order valence-corrected chi connectivity index (χ4v) is 2.94. The Morgan fingerprint density at radius 2 is 2.29 bits per heavy atom. The smallest absolute Gasteiger partial charge is 0.260 e. The fourth-order valence-electron chi connectivity index (χ4n) is 1.38. The predicted molar refractivity (Wildman–Crippen MR) is 61.0 cm³/mol. The lowest BCUT2D eigenvalue weighted by Crippen LogP contribution is -2.25. The Bertz CT molecular complexity index is 701. The number of nitriles is 1. The topological polar surface area (TPSA) is 87.3 Å². The second-order valence-corrected chi connectivity index (χ2v) is 5.16. The number of pyridine rings is 1. The van der Waals surface area contributed by atoms with Gasteiger partial charge in [0.15, 0.2) is 10.2 Å². The molecule has 1 N–H and O–H groups in total. The number of nitrogens with one attached hydrogen (secondary N) is 1. The van der Waals surface area contributed by atoms with E-state index in [-0.39, 0.29) is 16.7 Å². The predicted octanol–water partition coefficient (Wildman–Crippen LogP) is 0.790. The SMILES string of the molecule is N#CCNS(=O)(=O)c1c(Cl)nc2ccccn12. The van der Waals surface area contributed by atoms with E-state index in [0.29, 0.717) is 5.65 Å². The Kier molecular flexibility index (Phi) is 3.02. The van der Waals surface area contributed by atoms with E-state index in [1.165, 1.54) is 10.6 Å². The molecule has 88 valence electrons. The van der Waals surface area contributed by atoms with Crippen molar-refractivity contribution in [1.29, 1.82) is 5.26 Å². The Balaban J connectivity index is 2.63. The molecule has 0 aliphatic rings. The number of sulfonamides is 1. The highest BCUT2D eigenvalue weighted by atomic mass is 35.5. The van der Waals surface area contributed by atoms with Crippen LogP contribution in [0.5, 0.6) is 0 Å². The summed E-state index contributed by atoms with van der Waals surface area (Å²) in [6.07, 6.45) is 1.54. The lowest BCUT2D eigenvalue weighted by Gasteiger charge is -2.03. The van der Waals surface area contributed by atoms with Crippen molar-refractivity contribution in [2.75, 3.05) is 6.54 Å². The molecule has 0 amide bonds. The number of fused-ring (bicyclic) bond motifs is 1. The van der Waals surface area contributed by atoms with Gasteiger partial charge in [-0.3, -0.25) is 4.40 Å². The molecular weight excluding hydrogens is 264 g/mol. The van der Waals surface area contributed by atoms with Gasteiger partial charge in [-0.05, 0) is 12.1 Å². The van der Waals surface area contributed by atoms with E-state index in [0.717, 1.165) is 0 Å². The third kappa shape index (κ3) is 2.10. The summed E-state index contributed by atoms with van der Waals surface area (Å²) in [5.74, 6) is 0. The van der Waals surface area contributed by atoms with Crippen molar-refractivity contribution in [3.05, 3.63) is 29.5 Å².